The zero-order valence-corrected chi connectivity index (χ0v) is 6.88. The molecule has 1 saturated carbocycles. The molecule has 0 atom stereocenters. The number of nitrogens with zero attached hydrogens (tertiary/aromatic N) is 2. The molecule has 2 aliphatic rings. The second-order valence-electron chi connectivity index (χ2n) is 3.61. The average Bonchev–Trinajstić information content (AvgIpc) is 2.40. The predicted octanol–water partition coefficient (Wildman–Crippen LogP) is 1.84. The van der Waals surface area contributed by atoms with Gasteiger partial charge in [0.05, 0.1) is 12.0 Å². The molecule has 0 spiro atoms. The van der Waals surface area contributed by atoms with Crippen molar-refractivity contribution in [2.24, 2.45) is 10.9 Å². The number of hydrogen-bond acceptors (Lipinski definition) is 2. The zero-order chi connectivity index (χ0) is 7.97. The van der Waals surface area contributed by atoms with Crippen LogP contribution in [0.2, 0.25) is 0 Å². The third kappa shape index (κ3) is 0.763. The summed E-state index contributed by atoms with van der Waals surface area (Å²) in [5.74, 6) is 1.77. The minimum atomic E-state index is 0.771. The van der Waals surface area contributed by atoms with Crippen LogP contribution in [0.25, 0.3) is 0 Å². The maximum Gasteiger partial charge on any atom is 0.153 e. The van der Waals surface area contributed by atoms with Gasteiger partial charge >= 0.3 is 0 Å². The number of imidazole rings is 1. The highest BCUT2D eigenvalue weighted by Crippen LogP contribution is 2.34. The van der Waals surface area contributed by atoms with Crippen molar-refractivity contribution in [3.05, 3.63) is 12.0 Å². The standard InChI is InChI=1S/C9H11N3/c1-2-6(3-1)7-4-8-9(12-7)11-5-10-8/h5-6H,1-4H2,(H,10,11). The highest BCUT2D eigenvalue weighted by Gasteiger charge is 2.28. The van der Waals surface area contributed by atoms with E-state index in [1.807, 2.05) is 0 Å². The molecule has 1 aliphatic heterocycles. The summed E-state index contributed by atoms with van der Waals surface area (Å²) in [6.45, 7) is 0. The van der Waals surface area contributed by atoms with Gasteiger partial charge < -0.3 is 4.98 Å². The molecular weight excluding hydrogens is 150 g/mol. The first kappa shape index (κ1) is 6.40. The SMILES string of the molecule is c1nc2c([nH]1)N=C(C1CCC1)C2. The van der Waals surface area contributed by atoms with Gasteiger partial charge in [-0.15, -0.1) is 0 Å². The van der Waals surface area contributed by atoms with Crippen molar-refractivity contribution in [1.29, 1.82) is 0 Å². The Morgan fingerprint density at radius 3 is 3.00 bits per heavy atom. The number of aromatic amines is 1. The fourth-order valence-corrected chi connectivity index (χ4v) is 1.87. The molecule has 1 fully saturated rings. The second-order valence-corrected chi connectivity index (χ2v) is 3.61. The zero-order valence-electron chi connectivity index (χ0n) is 6.88. The molecule has 0 bridgehead atoms. The summed E-state index contributed by atoms with van der Waals surface area (Å²) in [5.41, 5.74) is 2.49. The van der Waals surface area contributed by atoms with E-state index in [9.17, 15) is 0 Å². The van der Waals surface area contributed by atoms with E-state index in [1.54, 1.807) is 6.33 Å². The molecular formula is C9H11N3. The van der Waals surface area contributed by atoms with Gasteiger partial charge in [0.1, 0.15) is 0 Å². The lowest BCUT2D eigenvalue weighted by Crippen LogP contribution is -2.21. The molecule has 1 aromatic rings. The third-order valence-corrected chi connectivity index (χ3v) is 2.88. The van der Waals surface area contributed by atoms with E-state index < -0.39 is 0 Å². The van der Waals surface area contributed by atoms with Crippen molar-refractivity contribution in [1.82, 2.24) is 9.97 Å². The van der Waals surface area contributed by atoms with E-state index in [-0.39, 0.29) is 0 Å². The van der Waals surface area contributed by atoms with Gasteiger partial charge in [0, 0.05) is 12.1 Å². The molecule has 1 aliphatic carbocycles. The molecule has 0 unspecified atom stereocenters. The first-order valence-corrected chi connectivity index (χ1v) is 4.53. The van der Waals surface area contributed by atoms with E-state index >= 15 is 0 Å². The highest BCUT2D eigenvalue weighted by molar-refractivity contribution is 5.94. The van der Waals surface area contributed by atoms with Gasteiger partial charge in [-0.1, -0.05) is 6.42 Å². The van der Waals surface area contributed by atoms with Gasteiger partial charge in [-0.3, -0.25) is 0 Å². The summed E-state index contributed by atoms with van der Waals surface area (Å²) in [7, 11) is 0. The monoisotopic (exact) mass is 161 g/mol. The summed E-state index contributed by atoms with van der Waals surface area (Å²) >= 11 is 0. The lowest BCUT2D eigenvalue weighted by Gasteiger charge is -2.24. The van der Waals surface area contributed by atoms with Crippen molar-refractivity contribution >= 4 is 11.5 Å². The highest BCUT2D eigenvalue weighted by atomic mass is 15.0. The van der Waals surface area contributed by atoms with Crippen LogP contribution >= 0.6 is 0 Å². The van der Waals surface area contributed by atoms with Crippen LogP contribution in [0.3, 0.4) is 0 Å². The van der Waals surface area contributed by atoms with Gasteiger partial charge in [0.2, 0.25) is 0 Å². The number of rotatable bonds is 1. The van der Waals surface area contributed by atoms with Gasteiger partial charge in [-0.2, -0.15) is 0 Å². The van der Waals surface area contributed by atoms with E-state index in [0.717, 1.165) is 23.9 Å². The number of aliphatic imine (C=N–C) groups is 1. The number of fused-ring (bicyclic) bond motifs is 1. The molecule has 12 heavy (non-hydrogen) atoms. The van der Waals surface area contributed by atoms with E-state index in [4.69, 9.17) is 0 Å². The quantitative estimate of drug-likeness (QED) is 0.670. The van der Waals surface area contributed by atoms with Crippen LogP contribution in [-0.2, 0) is 6.42 Å². The molecule has 1 aromatic heterocycles. The van der Waals surface area contributed by atoms with Crippen LogP contribution < -0.4 is 0 Å². The van der Waals surface area contributed by atoms with Crippen molar-refractivity contribution in [3.63, 3.8) is 0 Å². The Balaban J connectivity index is 1.89. The summed E-state index contributed by atoms with van der Waals surface area (Å²) in [6.07, 6.45) is 6.77. The maximum atomic E-state index is 4.53. The van der Waals surface area contributed by atoms with Crippen LogP contribution in [0, 0.1) is 5.92 Å². The average molecular weight is 161 g/mol. The number of hydrogen-bond donors (Lipinski definition) is 1. The number of aromatic nitrogens is 2. The van der Waals surface area contributed by atoms with Gasteiger partial charge in [-0.25, -0.2) is 9.98 Å². The number of nitrogens with one attached hydrogen (secondary N) is 1. The fourth-order valence-electron chi connectivity index (χ4n) is 1.87. The van der Waals surface area contributed by atoms with Gasteiger partial charge in [0.25, 0.3) is 0 Å². The lowest BCUT2D eigenvalue weighted by molar-refractivity contribution is 0.410. The van der Waals surface area contributed by atoms with Crippen molar-refractivity contribution < 1.29 is 0 Å². The fraction of sp³-hybridized carbons (Fsp3) is 0.556. The Kier molecular flexibility index (Phi) is 1.17. The normalized spacial score (nSPS) is 21.8. The van der Waals surface area contributed by atoms with Gasteiger partial charge in [-0.05, 0) is 18.8 Å². The van der Waals surface area contributed by atoms with E-state index in [2.05, 4.69) is 15.0 Å². The molecule has 62 valence electrons. The molecule has 3 rings (SSSR count). The largest absolute Gasteiger partial charge is 0.330 e. The van der Waals surface area contributed by atoms with E-state index in [0.29, 0.717) is 0 Å². The molecule has 2 heterocycles. The minimum absolute atomic E-state index is 0.771. The Morgan fingerprint density at radius 2 is 2.33 bits per heavy atom. The second kappa shape index (κ2) is 2.19. The van der Waals surface area contributed by atoms with Crippen LogP contribution in [0.1, 0.15) is 25.0 Å². The van der Waals surface area contributed by atoms with Crippen molar-refractivity contribution in [3.8, 4) is 0 Å². The van der Waals surface area contributed by atoms with Crippen LogP contribution in [0.4, 0.5) is 5.82 Å². The minimum Gasteiger partial charge on any atom is -0.330 e. The molecule has 3 heteroatoms. The van der Waals surface area contributed by atoms with Crippen molar-refractivity contribution in [2.75, 3.05) is 0 Å². The number of H-pyrrole nitrogens is 1. The molecule has 0 amide bonds. The summed E-state index contributed by atoms with van der Waals surface area (Å²) in [5, 5.41) is 0. The Labute approximate surface area is 70.9 Å². The molecule has 0 radical (unpaired) electrons. The molecule has 0 aromatic carbocycles. The lowest BCUT2D eigenvalue weighted by atomic mass is 9.81. The Hall–Kier alpha value is -1.12. The van der Waals surface area contributed by atoms with E-state index in [1.165, 1.54) is 25.0 Å². The topological polar surface area (TPSA) is 41.0 Å². The smallest absolute Gasteiger partial charge is 0.153 e. The Bertz CT molecular complexity index is 333. The first-order valence-electron chi connectivity index (χ1n) is 4.53. The van der Waals surface area contributed by atoms with Crippen LogP contribution in [0.15, 0.2) is 11.3 Å². The van der Waals surface area contributed by atoms with Crippen LogP contribution in [0.5, 0.6) is 0 Å². The summed E-state index contributed by atoms with van der Waals surface area (Å²) in [6, 6.07) is 0. The summed E-state index contributed by atoms with van der Waals surface area (Å²) < 4.78 is 0. The maximum absolute atomic E-state index is 4.53. The molecule has 0 saturated heterocycles. The van der Waals surface area contributed by atoms with Crippen LogP contribution in [-0.4, -0.2) is 15.7 Å². The molecule has 3 nitrogen and oxygen atoms in total. The van der Waals surface area contributed by atoms with Gasteiger partial charge in [0.15, 0.2) is 5.82 Å². The predicted molar refractivity (Wildman–Crippen MR) is 46.7 cm³/mol. The summed E-state index contributed by atoms with van der Waals surface area (Å²) in [4.78, 5) is 11.8. The third-order valence-electron chi connectivity index (χ3n) is 2.88. The van der Waals surface area contributed by atoms with Crippen molar-refractivity contribution in [2.45, 2.75) is 25.7 Å². The Morgan fingerprint density at radius 1 is 1.42 bits per heavy atom. The molecule has 1 N–H and O–H groups in total. The first-order chi connectivity index (χ1) is 5.93.